The Bertz CT molecular complexity index is 536. The standard InChI is InChI=1S/C19H30O2Si/c1-19(2,3)22(5,6)21-18-10-8-7-9-17(18)15-11-13-16(20-4)14-12-15/h11-14H,7-10H2,1-6H3. The molecule has 3 heteroatoms. The summed E-state index contributed by atoms with van der Waals surface area (Å²) < 4.78 is 11.9. The smallest absolute Gasteiger partial charge is 0.250 e. The van der Waals surface area contributed by atoms with Crippen molar-refractivity contribution in [1.29, 1.82) is 0 Å². The fourth-order valence-electron chi connectivity index (χ4n) is 2.55. The number of hydrogen-bond donors (Lipinski definition) is 0. The summed E-state index contributed by atoms with van der Waals surface area (Å²) in [7, 11) is -0.0581. The second-order valence-corrected chi connectivity index (χ2v) is 12.4. The van der Waals surface area contributed by atoms with Crippen LogP contribution in [0.3, 0.4) is 0 Å². The lowest BCUT2D eigenvalue weighted by Gasteiger charge is -2.39. The Balaban J connectivity index is 2.33. The van der Waals surface area contributed by atoms with Crippen LogP contribution in [0.5, 0.6) is 5.75 Å². The van der Waals surface area contributed by atoms with Crippen LogP contribution in [0.4, 0.5) is 0 Å². The van der Waals surface area contributed by atoms with E-state index in [4.69, 9.17) is 9.16 Å². The molecule has 1 aromatic carbocycles. The van der Waals surface area contributed by atoms with Crippen molar-refractivity contribution in [3.05, 3.63) is 35.6 Å². The van der Waals surface area contributed by atoms with Crippen molar-refractivity contribution >= 4 is 13.9 Å². The number of rotatable bonds is 4. The Morgan fingerprint density at radius 1 is 0.955 bits per heavy atom. The van der Waals surface area contributed by atoms with Gasteiger partial charge in [0.15, 0.2) is 0 Å². The van der Waals surface area contributed by atoms with Crippen LogP contribution in [-0.4, -0.2) is 15.4 Å². The van der Waals surface area contributed by atoms with Gasteiger partial charge in [0, 0.05) is 6.42 Å². The molecule has 0 unspecified atom stereocenters. The van der Waals surface area contributed by atoms with E-state index in [-0.39, 0.29) is 5.04 Å². The first kappa shape index (κ1) is 17.1. The Kier molecular flexibility index (Phi) is 5.06. The summed E-state index contributed by atoms with van der Waals surface area (Å²) >= 11 is 0. The van der Waals surface area contributed by atoms with Gasteiger partial charge in [0.1, 0.15) is 5.75 Å². The summed E-state index contributed by atoms with van der Waals surface area (Å²) in [5.41, 5.74) is 2.69. The molecule has 0 aromatic heterocycles. The number of ether oxygens (including phenoxy) is 1. The van der Waals surface area contributed by atoms with Crippen LogP contribution < -0.4 is 4.74 Å². The summed E-state index contributed by atoms with van der Waals surface area (Å²) in [6, 6.07) is 8.41. The molecule has 1 aromatic rings. The SMILES string of the molecule is COc1ccc(C2=C(O[Si](C)(C)C(C)(C)C)CCCC2)cc1. The lowest BCUT2D eigenvalue weighted by Crippen LogP contribution is -2.40. The van der Waals surface area contributed by atoms with Gasteiger partial charge in [0.2, 0.25) is 8.32 Å². The third-order valence-electron chi connectivity index (χ3n) is 5.04. The van der Waals surface area contributed by atoms with Gasteiger partial charge < -0.3 is 9.16 Å². The van der Waals surface area contributed by atoms with E-state index < -0.39 is 8.32 Å². The van der Waals surface area contributed by atoms with Crippen molar-refractivity contribution < 1.29 is 9.16 Å². The van der Waals surface area contributed by atoms with Crippen molar-refractivity contribution in [2.24, 2.45) is 0 Å². The van der Waals surface area contributed by atoms with Crippen LogP contribution in [0.15, 0.2) is 30.0 Å². The fourth-order valence-corrected chi connectivity index (χ4v) is 3.70. The summed E-state index contributed by atoms with van der Waals surface area (Å²) in [4.78, 5) is 0. The highest BCUT2D eigenvalue weighted by molar-refractivity contribution is 6.74. The van der Waals surface area contributed by atoms with E-state index in [1.54, 1.807) is 7.11 Å². The van der Waals surface area contributed by atoms with Crippen molar-refractivity contribution in [1.82, 2.24) is 0 Å². The molecule has 0 saturated carbocycles. The maximum Gasteiger partial charge on any atom is 0.250 e. The van der Waals surface area contributed by atoms with Gasteiger partial charge in [0.25, 0.3) is 0 Å². The normalized spacial score (nSPS) is 16.6. The molecule has 1 aliphatic rings. The van der Waals surface area contributed by atoms with Crippen molar-refractivity contribution in [2.45, 2.75) is 64.6 Å². The lowest BCUT2D eigenvalue weighted by atomic mass is 9.92. The number of hydrogen-bond acceptors (Lipinski definition) is 2. The summed E-state index contributed by atoms with van der Waals surface area (Å²) in [6.07, 6.45) is 4.69. The highest BCUT2D eigenvalue weighted by Crippen LogP contribution is 2.42. The zero-order valence-electron chi connectivity index (χ0n) is 15.0. The molecule has 0 saturated heterocycles. The number of benzene rings is 1. The zero-order chi connectivity index (χ0) is 16.4. The largest absolute Gasteiger partial charge is 0.546 e. The predicted molar refractivity (Wildman–Crippen MR) is 96.7 cm³/mol. The minimum absolute atomic E-state index is 0.239. The average molecular weight is 319 g/mol. The quantitative estimate of drug-likeness (QED) is 0.634. The zero-order valence-corrected chi connectivity index (χ0v) is 16.0. The molecule has 0 radical (unpaired) electrons. The lowest BCUT2D eigenvalue weighted by molar-refractivity contribution is 0.356. The van der Waals surface area contributed by atoms with E-state index in [1.165, 1.54) is 29.7 Å². The fraction of sp³-hybridized carbons (Fsp3) is 0.579. The Morgan fingerprint density at radius 3 is 2.09 bits per heavy atom. The topological polar surface area (TPSA) is 18.5 Å². The molecular formula is C19H30O2Si. The van der Waals surface area contributed by atoms with Gasteiger partial charge in [-0.3, -0.25) is 0 Å². The first-order valence-electron chi connectivity index (χ1n) is 8.30. The molecule has 0 atom stereocenters. The second-order valence-electron chi connectivity index (χ2n) is 7.70. The highest BCUT2D eigenvalue weighted by Gasteiger charge is 2.40. The monoisotopic (exact) mass is 318 g/mol. The molecule has 2 rings (SSSR count). The molecule has 0 spiro atoms. The number of methoxy groups -OCH3 is 1. The van der Waals surface area contributed by atoms with Crippen LogP contribution in [-0.2, 0) is 4.43 Å². The van der Waals surface area contributed by atoms with Crippen molar-refractivity contribution in [3.63, 3.8) is 0 Å². The third-order valence-corrected chi connectivity index (χ3v) is 9.41. The van der Waals surface area contributed by atoms with Gasteiger partial charge in [-0.05, 0) is 60.7 Å². The molecule has 0 fully saturated rings. The van der Waals surface area contributed by atoms with Crippen LogP contribution in [0.2, 0.25) is 18.1 Å². The Labute approximate surface area is 136 Å². The molecule has 1 aliphatic carbocycles. The predicted octanol–water partition coefficient (Wildman–Crippen LogP) is 6.00. The molecule has 0 amide bonds. The van der Waals surface area contributed by atoms with Gasteiger partial charge in [-0.2, -0.15) is 0 Å². The highest BCUT2D eigenvalue weighted by atomic mass is 28.4. The third kappa shape index (κ3) is 3.75. The Hall–Kier alpha value is -1.22. The van der Waals surface area contributed by atoms with Crippen molar-refractivity contribution in [2.75, 3.05) is 7.11 Å². The Morgan fingerprint density at radius 2 is 1.55 bits per heavy atom. The van der Waals surface area contributed by atoms with E-state index >= 15 is 0 Å². The maximum atomic E-state index is 6.65. The molecular weight excluding hydrogens is 288 g/mol. The summed E-state index contributed by atoms with van der Waals surface area (Å²) in [5.74, 6) is 2.15. The van der Waals surface area contributed by atoms with Crippen molar-refractivity contribution in [3.8, 4) is 5.75 Å². The molecule has 0 bridgehead atoms. The van der Waals surface area contributed by atoms with Crippen LogP contribution in [0.25, 0.3) is 5.57 Å². The minimum atomic E-state index is -1.77. The van der Waals surface area contributed by atoms with E-state index in [1.807, 2.05) is 12.1 Å². The molecule has 22 heavy (non-hydrogen) atoms. The minimum Gasteiger partial charge on any atom is -0.546 e. The molecule has 0 aliphatic heterocycles. The van der Waals surface area contributed by atoms with Gasteiger partial charge in [-0.25, -0.2) is 0 Å². The average Bonchev–Trinajstić information content (AvgIpc) is 2.46. The first-order valence-corrected chi connectivity index (χ1v) is 11.2. The van der Waals surface area contributed by atoms with Gasteiger partial charge in [0.05, 0.1) is 12.9 Å². The second kappa shape index (κ2) is 6.49. The molecule has 0 heterocycles. The van der Waals surface area contributed by atoms with Crippen LogP contribution in [0.1, 0.15) is 52.0 Å². The number of allylic oxidation sites excluding steroid dienone is 2. The maximum absolute atomic E-state index is 6.65. The summed E-state index contributed by atoms with van der Waals surface area (Å²) in [5, 5.41) is 0.239. The summed E-state index contributed by atoms with van der Waals surface area (Å²) in [6.45, 7) is 11.6. The van der Waals surface area contributed by atoms with Gasteiger partial charge >= 0.3 is 0 Å². The van der Waals surface area contributed by atoms with E-state index in [0.717, 1.165) is 18.6 Å². The van der Waals surface area contributed by atoms with E-state index in [9.17, 15) is 0 Å². The molecule has 122 valence electrons. The van der Waals surface area contributed by atoms with Gasteiger partial charge in [-0.15, -0.1) is 0 Å². The van der Waals surface area contributed by atoms with E-state index in [0.29, 0.717) is 0 Å². The van der Waals surface area contributed by atoms with Crippen LogP contribution >= 0.6 is 0 Å². The van der Waals surface area contributed by atoms with Gasteiger partial charge in [-0.1, -0.05) is 32.9 Å². The van der Waals surface area contributed by atoms with E-state index in [2.05, 4.69) is 46.0 Å². The molecule has 2 nitrogen and oxygen atoms in total. The first-order chi connectivity index (χ1) is 10.2. The molecule has 0 N–H and O–H groups in total. The van der Waals surface area contributed by atoms with Crippen LogP contribution in [0, 0.1) is 0 Å².